The Morgan fingerprint density at radius 1 is 0.704 bits per heavy atom. The molecule has 0 aliphatic carbocycles. The summed E-state index contributed by atoms with van der Waals surface area (Å²) in [7, 11) is 0. The normalized spacial score (nSPS) is 11.9. The van der Waals surface area contributed by atoms with Crippen molar-refractivity contribution < 1.29 is 19.3 Å². The predicted molar refractivity (Wildman–Crippen MR) is 108 cm³/mol. The van der Waals surface area contributed by atoms with E-state index < -0.39 is 11.9 Å². The predicted octanol–water partition coefficient (Wildman–Crippen LogP) is 4.08. The molecule has 0 fully saturated rings. The fourth-order valence-electron chi connectivity index (χ4n) is 2.53. The minimum absolute atomic E-state index is 0.103. The Balaban J connectivity index is 4.68. The summed E-state index contributed by atoms with van der Waals surface area (Å²) < 4.78 is 0. The van der Waals surface area contributed by atoms with Gasteiger partial charge in [0.1, 0.15) is 0 Å². The number of carbonyl (C=O) groups is 2. The Morgan fingerprint density at radius 2 is 1.04 bits per heavy atom. The summed E-state index contributed by atoms with van der Waals surface area (Å²) in [6.07, 6.45) is -0.178. The summed E-state index contributed by atoms with van der Waals surface area (Å²) in [5.74, 6) is 0.381. The third kappa shape index (κ3) is 13.4. The number of hydroxylamine groups is 4. The summed E-state index contributed by atoms with van der Waals surface area (Å²) in [6.45, 7) is 22.8. The van der Waals surface area contributed by atoms with Crippen LogP contribution >= 0.6 is 0 Å². The van der Waals surface area contributed by atoms with Crippen LogP contribution in [0.2, 0.25) is 0 Å². The van der Waals surface area contributed by atoms with Crippen LogP contribution in [0.5, 0.6) is 0 Å². The highest BCUT2D eigenvalue weighted by molar-refractivity contribution is 5.93. The van der Waals surface area contributed by atoms with Gasteiger partial charge in [0.05, 0.1) is 6.42 Å². The molecule has 0 saturated heterocycles. The second-order valence-electron chi connectivity index (χ2n) is 8.89. The summed E-state index contributed by atoms with van der Waals surface area (Å²) in [5, 5.41) is 3.32. The highest BCUT2D eigenvalue weighted by Gasteiger charge is 2.21. The van der Waals surface area contributed by atoms with Crippen LogP contribution in [0.25, 0.3) is 0 Å². The van der Waals surface area contributed by atoms with Gasteiger partial charge in [-0.15, -0.1) is 10.1 Å². The van der Waals surface area contributed by atoms with E-state index >= 15 is 0 Å². The lowest BCUT2D eigenvalue weighted by Gasteiger charge is -2.26. The van der Waals surface area contributed by atoms with Crippen molar-refractivity contribution in [2.45, 2.75) is 61.8 Å². The molecule has 158 valence electrons. The molecule has 0 N–H and O–H groups in total. The molecule has 0 unspecified atom stereocenters. The van der Waals surface area contributed by atoms with E-state index in [4.69, 9.17) is 9.68 Å². The number of hydrogen-bond acceptors (Lipinski definition) is 6. The first-order chi connectivity index (χ1) is 12.4. The van der Waals surface area contributed by atoms with Crippen LogP contribution in [0.15, 0.2) is 12.2 Å². The average molecular weight is 385 g/mol. The largest absolute Gasteiger partial charge is 0.368 e. The first-order valence-corrected chi connectivity index (χ1v) is 10.0. The summed E-state index contributed by atoms with van der Waals surface area (Å²) in [4.78, 5) is 35.4. The van der Waals surface area contributed by atoms with Gasteiger partial charge < -0.3 is 9.68 Å². The van der Waals surface area contributed by atoms with Crippen LogP contribution in [0.1, 0.15) is 61.8 Å². The van der Waals surface area contributed by atoms with E-state index in [2.05, 4.69) is 62.0 Å². The zero-order valence-electron chi connectivity index (χ0n) is 18.6. The molecule has 0 aliphatic rings. The first kappa shape index (κ1) is 25.6. The van der Waals surface area contributed by atoms with Crippen molar-refractivity contribution in [3.63, 3.8) is 0 Å². The molecule has 0 aromatic rings. The van der Waals surface area contributed by atoms with Crippen molar-refractivity contribution in [1.82, 2.24) is 10.1 Å². The average Bonchev–Trinajstić information content (AvgIpc) is 2.43. The number of hydrogen-bond donors (Lipinski definition) is 0. The molecule has 6 heteroatoms. The second kappa shape index (κ2) is 12.9. The SMILES string of the molecule is C=C(CC(=O)ON(CC(C)C)CC(C)C)C(=O)ON(CC(C)C)CC(C)C. The Kier molecular flexibility index (Phi) is 12.2. The summed E-state index contributed by atoms with van der Waals surface area (Å²) >= 11 is 0. The quantitative estimate of drug-likeness (QED) is 0.352. The van der Waals surface area contributed by atoms with Crippen molar-refractivity contribution in [2.75, 3.05) is 26.2 Å². The zero-order chi connectivity index (χ0) is 21.1. The number of nitrogens with zero attached hydrogens (tertiary/aromatic N) is 2. The van der Waals surface area contributed by atoms with E-state index in [1.54, 1.807) is 10.1 Å². The van der Waals surface area contributed by atoms with Gasteiger partial charge >= 0.3 is 11.9 Å². The Labute approximate surface area is 165 Å². The molecule has 0 saturated carbocycles. The fraction of sp³-hybridized carbons (Fsp3) is 0.810. The first-order valence-electron chi connectivity index (χ1n) is 10.0. The van der Waals surface area contributed by atoms with E-state index in [1.807, 2.05) is 0 Å². The van der Waals surface area contributed by atoms with Crippen molar-refractivity contribution in [3.8, 4) is 0 Å². The van der Waals surface area contributed by atoms with Crippen molar-refractivity contribution >= 4 is 11.9 Å². The van der Waals surface area contributed by atoms with Crippen LogP contribution in [-0.4, -0.2) is 48.2 Å². The molecule has 6 nitrogen and oxygen atoms in total. The number of rotatable bonds is 13. The van der Waals surface area contributed by atoms with Crippen LogP contribution < -0.4 is 0 Å². The molecular formula is C21H40N2O4. The molecule has 0 amide bonds. The zero-order valence-corrected chi connectivity index (χ0v) is 18.6. The molecule has 0 heterocycles. The van der Waals surface area contributed by atoms with E-state index in [9.17, 15) is 9.59 Å². The third-order valence-electron chi connectivity index (χ3n) is 3.36. The smallest absolute Gasteiger partial charge is 0.352 e. The molecule has 0 bridgehead atoms. The molecule has 0 aliphatic heterocycles. The van der Waals surface area contributed by atoms with Gasteiger partial charge in [-0.25, -0.2) is 9.59 Å². The lowest BCUT2D eigenvalue weighted by atomic mass is 10.2. The molecular weight excluding hydrogens is 344 g/mol. The topological polar surface area (TPSA) is 59.1 Å². The van der Waals surface area contributed by atoms with Crippen LogP contribution in [-0.2, 0) is 19.3 Å². The van der Waals surface area contributed by atoms with Crippen molar-refractivity contribution in [2.24, 2.45) is 23.7 Å². The Bertz CT molecular complexity index is 453. The van der Waals surface area contributed by atoms with Gasteiger partial charge in [0.2, 0.25) is 0 Å². The maximum absolute atomic E-state index is 12.3. The van der Waals surface area contributed by atoms with E-state index in [1.165, 1.54) is 0 Å². The maximum atomic E-state index is 12.3. The molecule has 0 aromatic carbocycles. The van der Waals surface area contributed by atoms with Gasteiger partial charge in [-0.2, -0.15) is 0 Å². The van der Waals surface area contributed by atoms with Crippen molar-refractivity contribution in [1.29, 1.82) is 0 Å². The van der Waals surface area contributed by atoms with Crippen LogP contribution in [0.4, 0.5) is 0 Å². The van der Waals surface area contributed by atoms with E-state index in [-0.39, 0.29) is 12.0 Å². The number of carbonyl (C=O) groups excluding carboxylic acids is 2. The van der Waals surface area contributed by atoms with E-state index in [0.29, 0.717) is 49.9 Å². The monoisotopic (exact) mass is 384 g/mol. The van der Waals surface area contributed by atoms with Crippen LogP contribution in [0, 0.1) is 23.7 Å². The Hall–Kier alpha value is -1.40. The Morgan fingerprint density at radius 3 is 1.37 bits per heavy atom. The van der Waals surface area contributed by atoms with Gasteiger partial charge in [0, 0.05) is 31.8 Å². The lowest BCUT2D eigenvalue weighted by molar-refractivity contribution is -0.198. The lowest BCUT2D eigenvalue weighted by Crippen LogP contribution is -2.35. The second-order valence-corrected chi connectivity index (χ2v) is 8.89. The van der Waals surface area contributed by atoms with E-state index in [0.717, 1.165) is 0 Å². The third-order valence-corrected chi connectivity index (χ3v) is 3.36. The van der Waals surface area contributed by atoms with Gasteiger partial charge in [0.25, 0.3) is 0 Å². The van der Waals surface area contributed by atoms with Crippen LogP contribution in [0.3, 0.4) is 0 Å². The highest BCUT2D eigenvalue weighted by Crippen LogP contribution is 2.11. The standard InChI is InChI=1S/C21H40N2O4/c1-15(2)11-22(12-16(3)4)26-20(24)10-19(9)21(25)27-23(13-17(5)6)14-18(7)8/h15-18H,9-14H2,1-8H3. The summed E-state index contributed by atoms with van der Waals surface area (Å²) in [6, 6.07) is 0. The molecule has 27 heavy (non-hydrogen) atoms. The van der Waals surface area contributed by atoms with Crippen molar-refractivity contribution in [3.05, 3.63) is 12.2 Å². The minimum Gasteiger partial charge on any atom is -0.368 e. The van der Waals surface area contributed by atoms with Gasteiger partial charge in [-0.1, -0.05) is 62.0 Å². The van der Waals surface area contributed by atoms with Gasteiger partial charge in [0.15, 0.2) is 0 Å². The molecule has 0 radical (unpaired) electrons. The molecule has 0 aromatic heterocycles. The van der Waals surface area contributed by atoms with Gasteiger partial charge in [-0.05, 0) is 23.7 Å². The highest BCUT2D eigenvalue weighted by atomic mass is 16.7. The fourth-order valence-corrected chi connectivity index (χ4v) is 2.53. The minimum atomic E-state index is -0.576. The summed E-state index contributed by atoms with van der Waals surface area (Å²) in [5.41, 5.74) is 0.103. The maximum Gasteiger partial charge on any atom is 0.352 e. The molecule has 0 rings (SSSR count). The van der Waals surface area contributed by atoms with Gasteiger partial charge in [-0.3, -0.25) is 0 Å². The molecule has 0 atom stereocenters. The molecule has 0 spiro atoms.